The molecule has 4 rings (SSSR count). The van der Waals surface area contributed by atoms with Gasteiger partial charge in [-0.2, -0.15) is 0 Å². The Bertz CT molecular complexity index is 1370. The SMILES string of the molecule is CCOc1cc(/C=C2\SC(=O)N(CCOc3cc(C)ccc3C(C)C)C2=O)cc(Cl)c1OCc1ccccc1. The Morgan fingerprint density at radius 3 is 2.46 bits per heavy atom. The van der Waals surface area contributed by atoms with Gasteiger partial charge in [-0.15, -0.1) is 0 Å². The van der Waals surface area contributed by atoms with Crippen molar-refractivity contribution in [3.63, 3.8) is 0 Å². The summed E-state index contributed by atoms with van der Waals surface area (Å²) in [6.07, 6.45) is 1.65. The molecule has 0 aliphatic carbocycles. The molecule has 1 saturated heterocycles. The van der Waals surface area contributed by atoms with E-state index in [2.05, 4.69) is 26.0 Å². The van der Waals surface area contributed by atoms with Gasteiger partial charge in [0.25, 0.3) is 11.1 Å². The molecule has 2 amide bonds. The molecule has 0 saturated carbocycles. The zero-order valence-electron chi connectivity index (χ0n) is 22.5. The van der Waals surface area contributed by atoms with Crippen LogP contribution in [0.25, 0.3) is 6.08 Å². The van der Waals surface area contributed by atoms with Crippen molar-refractivity contribution in [2.45, 2.75) is 40.2 Å². The average Bonchev–Trinajstić information content (AvgIpc) is 3.16. The number of carbonyl (C=O) groups is 2. The van der Waals surface area contributed by atoms with Crippen LogP contribution in [-0.4, -0.2) is 35.8 Å². The first-order chi connectivity index (χ1) is 18.8. The number of ether oxygens (including phenoxy) is 3. The van der Waals surface area contributed by atoms with Gasteiger partial charge in [-0.05, 0) is 78.1 Å². The molecule has 0 atom stereocenters. The molecule has 1 aliphatic rings. The zero-order valence-corrected chi connectivity index (χ0v) is 24.1. The Labute approximate surface area is 238 Å². The number of hydrogen-bond donors (Lipinski definition) is 0. The van der Waals surface area contributed by atoms with Gasteiger partial charge in [0.2, 0.25) is 0 Å². The average molecular weight is 566 g/mol. The topological polar surface area (TPSA) is 65.1 Å². The minimum atomic E-state index is -0.361. The summed E-state index contributed by atoms with van der Waals surface area (Å²) in [6.45, 7) is 9.19. The number of nitrogens with zero attached hydrogens (tertiary/aromatic N) is 1. The van der Waals surface area contributed by atoms with E-state index in [1.54, 1.807) is 18.2 Å². The summed E-state index contributed by atoms with van der Waals surface area (Å²) in [4.78, 5) is 27.3. The number of imide groups is 1. The predicted molar refractivity (Wildman–Crippen MR) is 157 cm³/mol. The number of aryl methyl sites for hydroxylation is 1. The summed E-state index contributed by atoms with van der Waals surface area (Å²) in [5.41, 5.74) is 3.82. The lowest BCUT2D eigenvalue weighted by Crippen LogP contribution is -2.32. The van der Waals surface area contributed by atoms with Crippen molar-refractivity contribution >= 4 is 40.6 Å². The molecule has 8 heteroatoms. The maximum absolute atomic E-state index is 13.1. The van der Waals surface area contributed by atoms with Crippen LogP contribution in [0.3, 0.4) is 0 Å². The molecule has 204 valence electrons. The van der Waals surface area contributed by atoms with E-state index in [4.69, 9.17) is 25.8 Å². The number of benzene rings is 3. The molecule has 1 heterocycles. The predicted octanol–water partition coefficient (Wildman–Crippen LogP) is 7.86. The summed E-state index contributed by atoms with van der Waals surface area (Å²) in [6, 6.07) is 19.3. The van der Waals surface area contributed by atoms with E-state index >= 15 is 0 Å². The summed E-state index contributed by atoms with van der Waals surface area (Å²) >= 11 is 7.47. The number of thioether (sulfide) groups is 1. The van der Waals surface area contributed by atoms with E-state index in [1.807, 2.05) is 50.2 Å². The molecule has 6 nitrogen and oxygen atoms in total. The highest BCUT2D eigenvalue weighted by atomic mass is 35.5. The van der Waals surface area contributed by atoms with Gasteiger partial charge in [0, 0.05) is 0 Å². The summed E-state index contributed by atoms with van der Waals surface area (Å²) in [5, 5.41) is 0.0250. The lowest BCUT2D eigenvalue weighted by Gasteiger charge is -2.17. The highest BCUT2D eigenvalue weighted by molar-refractivity contribution is 8.18. The molecule has 1 fully saturated rings. The van der Waals surface area contributed by atoms with E-state index in [1.165, 1.54) is 4.90 Å². The van der Waals surface area contributed by atoms with Crippen LogP contribution in [0.4, 0.5) is 4.79 Å². The fraction of sp³-hybridized carbons (Fsp3) is 0.290. The Morgan fingerprint density at radius 1 is 0.974 bits per heavy atom. The van der Waals surface area contributed by atoms with E-state index < -0.39 is 0 Å². The molecule has 0 radical (unpaired) electrons. The number of carbonyl (C=O) groups excluding carboxylic acids is 2. The second-order valence-electron chi connectivity index (χ2n) is 9.42. The molecule has 0 N–H and O–H groups in total. The summed E-state index contributed by atoms with van der Waals surface area (Å²) in [7, 11) is 0. The van der Waals surface area contributed by atoms with Crippen molar-refractivity contribution in [3.05, 3.63) is 92.8 Å². The molecule has 39 heavy (non-hydrogen) atoms. The highest BCUT2D eigenvalue weighted by Crippen LogP contribution is 2.39. The Hall–Kier alpha value is -3.42. The fourth-order valence-corrected chi connectivity index (χ4v) is 5.28. The third kappa shape index (κ3) is 7.16. The van der Waals surface area contributed by atoms with Gasteiger partial charge in [0.1, 0.15) is 19.0 Å². The van der Waals surface area contributed by atoms with Gasteiger partial charge >= 0.3 is 0 Å². The summed E-state index contributed by atoms with van der Waals surface area (Å²) < 4.78 is 17.8. The molecular formula is C31H32ClNO5S. The first-order valence-electron chi connectivity index (χ1n) is 12.9. The van der Waals surface area contributed by atoms with Crippen molar-refractivity contribution in [2.24, 2.45) is 0 Å². The molecule has 0 spiro atoms. The summed E-state index contributed by atoms with van der Waals surface area (Å²) in [5.74, 6) is 1.62. The van der Waals surface area contributed by atoms with Crippen molar-refractivity contribution in [1.29, 1.82) is 0 Å². The van der Waals surface area contributed by atoms with Crippen LogP contribution in [-0.2, 0) is 11.4 Å². The number of rotatable bonds is 11. The molecule has 3 aromatic carbocycles. The standard InChI is InChI=1S/C31H32ClNO5S/c1-5-36-27-17-23(16-25(32)29(27)38-19-22-9-7-6-8-10-22)18-28-30(34)33(31(35)39-28)13-14-37-26-15-21(4)11-12-24(26)20(2)3/h6-12,15-18,20H,5,13-14,19H2,1-4H3/b28-18-. The van der Waals surface area contributed by atoms with Crippen molar-refractivity contribution < 1.29 is 23.8 Å². The number of hydrogen-bond acceptors (Lipinski definition) is 6. The third-order valence-corrected chi connectivity index (χ3v) is 7.28. The minimum absolute atomic E-state index is 0.157. The van der Waals surface area contributed by atoms with Crippen molar-refractivity contribution in [1.82, 2.24) is 4.90 Å². The zero-order chi connectivity index (χ0) is 27.9. The van der Waals surface area contributed by atoms with E-state index in [9.17, 15) is 9.59 Å². The quantitative estimate of drug-likeness (QED) is 0.220. The normalized spacial score (nSPS) is 14.4. The van der Waals surface area contributed by atoms with Gasteiger partial charge < -0.3 is 14.2 Å². The largest absolute Gasteiger partial charge is 0.491 e. The Morgan fingerprint density at radius 2 is 1.74 bits per heavy atom. The third-order valence-electron chi connectivity index (χ3n) is 6.09. The number of amides is 2. The molecule has 0 bridgehead atoms. The van der Waals surface area contributed by atoms with E-state index in [-0.39, 0.29) is 24.3 Å². The second-order valence-corrected chi connectivity index (χ2v) is 10.8. The first kappa shape index (κ1) is 28.6. The van der Waals surface area contributed by atoms with Crippen molar-refractivity contribution in [3.8, 4) is 17.2 Å². The second kappa shape index (κ2) is 13.1. The van der Waals surface area contributed by atoms with Gasteiger partial charge in [-0.25, -0.2) is 0 Å². The van der Waals surface area contributed by atoms with Gasteiger partial charge in [0.05, 0.1) is 23.1 Å². The van der Waals surface area contributed by atoms with Crippen LogP contribution in [0.2, 0.25) is 5.02 Å². The number of halogens is 1. The Kier molecular flexibility index (Phi) is 9.59. The highest BCUT2D eigenvalue weighted by Gasteiger charge is 2.35. The van der Waals surface area contributed by atoms with E-state index in [0.29, 0.717) is 46.1 Å². The van der Waals surface area contributed by atoms with Gasteiger partial charge in [0.15, 0.2) is 11.5 Å². The molecule has 3 aromatic rings. The lowest BCUT2D eigenvalue weighted by atomic mass is 10.0. The van der Waals surface area contributed by atoms with Gasteiger partial charge in [-0.1, -0.05) is 67.9 Å². The minimum Gasteiger partial charge on any atom is -0.491 e. The van der Waals surface area contributed by atoms with Crippen LogP contribution in [0.5, 0.6) is 17.2 Å². The molecule has 0 unspecified atom stereocenters. The maximum atomic E-state index is 13.1. The van der Waals surface area contributed by atoms with Crippen LogP contribution >= 0.6 is 23.4 Å². The molecular weight excluding hydrogens is 534 g/mol. The molecule has 0 aromatic heterocycles. The van der Waals surface area contributed by atoms with Crippen LogP contribution < -0.4 is 14.2 Å². The van der Waals surface area contributed by atoms with Crippen LogP contribution in [0.15, 0.2) is 65.6 Å². The van der Waals surface area contributed by atoms with Crippen molar-refractivity contribution in [2.75, 3.05) is 19.8 Å². The van der Waals surface area contributed by atoms with E-state index in [0.717, 1.165) is 34.2 Å². The molecule has 1 aliphatic heterocycles. The Balaban J connectivity index is 1.46. The lowest BCUT2D eigenvalue weighted by molar-refractivity contribution is -0.123. The van der Waals surface area contributed by atoms with Gasteiger partial charge in [-0.3, -0.25) is 14.5 Å². The monoisotopic (exact) mass is 565 g/mol. The van der Waals surface area contributed by atoms with Crippen LogP contribution in [0, 0.1) is 6.92 Å². The maximum Gasteiger partial charge on any atom is 0.293 e. The van der Waals surface area contributed by atoms with Crippen LogP contribution in [0.1, 0.15) is 48.9 Å². The first-order valence-corrected chi connectivity index (χ1v) is 14.1. The fourth-order valence-electron chi connectivity index (χ4n) is 4.14. The smallest absolute Gasteiger partial charge is 0.293 e.